The SMILES string of the molecule is O=C(O)CCCC[C@@H]1COc2ccc(OCc3ccc4ccccc4n3)cc2[C@@H]1O. The van der Waals surface area contributed by atoms with Gasteiger partial charge in [-0.25, -0.2) is 4.98 Å². The van der Waals surface area contributed by atoms with E-state index in [1.165, 1.54) is 0 Å². The van der Waals surface area contributed by atoms with E-state index < -0.39 is 12.1 Å². The van der Waals surface area contributed by atoms with Crippen LogP contribution >= 0.6 is 0 Å². The van der Waals surface area contributed by atoms with Crippen LogP contribution in [-0.2, 0) is 11.4 Å². The Hall–Kier alpha value is -3.12. The fourth-order valence-corrected chi connectivity index (χ4v) is 3.79. The van der Waals surface area contributed by atoms with Crippen LogP contribution in [0.25, 0.3) is 10.9 Å². The summed E-state index contributed by atoms with van der Waals surface area (Å²) in [6, 6.07) is 17.4. The number of aromatic nitrogens is 1. The Morgan fingerprint density at radius 2 is 2.00 bits per heavy atom. The first-order valence-corrected chi connectivity index (χ1v) is 10.2. The van der Waals surface area contributed by atoms with Crippen LogP contribution in [0, 0.1) is 5.92 Å². The lowest BCUT2D eigenvalue weighted by atomic mass is 9.89. The van der Waals surface area contributed by atoms with Gasteiger partial charge in [0.05, 0.1) is 23.9 Å². The lowest BCUT2D eigenvalue weighted by molar-refractivity contribution is -0.137. The molecular weight excluding hydrogens is 382 g/mol. The molecule has 2 N–H and O–H groups in total. The quantitative estimate of drug-likeness (QED) is 0.535. The molecule has 2 heterocycles. The number of rotatable bonds is 8. The second-order valence-electron chi connectivity index (χ2n) is 7.64. The van der Waals surface area contributed by atoms with Gasteiger partial charge in [-0.15, -0.1) is 0 Å². The maximum atomic E-state index is 10.8. The highest BCUT2D eigenvalue weighted by Crippen LogP contribution is 2.39. The molecule has 2 atom stereocenters. The van der Waals surface area contributed by atoms with Crippen LogP contribution in [0.5, 0.6) is 11.5 Å². The largest absolute Gasteiger partial charge is 0.493 e. The van der Waals surface area contributed by atoms with Crippen molar-refractivity contribution in [3.63, 3.8) is 0 Å². The van der Waals surface area contributed by atoms with Crippen molar-refractivity contribution in [3.8, 4) is 11.5 Å². The second-order valence-corrected chi connectivity index (χ2v) is 7.64. The number of unbranched alkanes of at least 4 members (excludes halogenated alkanes) is 1. The Morgan fingerprint density at radius 3 is 2.87 bits per heavy atom. The number of nitrogens with zero attached hydrogens (tertiary/aromatic N) is 1. The van der Waals surface area contributed by atoms with Gasteiger partial charge >= 0.3 is 5.97 Å². The molecule has 0 unspecified atom stereocenters. The van der Waals surface area contributed by atoms with Crippen LogP contribution in [0.2, 0.25) is 0 Å². The summed E-state index contributed by atoms with van der Waals surface area (Å²) in [7, 11) is 0. The summed E-state index contributed by atoms with van der Waals surface area (Å²) in [6.07, 6.45) is 1.58. The molecule has 1 aliphatic rings. The number of hydrogen-bond acceptors (Lipinski definition) is 5. The third-order valence-electron chi connectivity index (χ3n) is 5.46. The maximum Gasteiger partial charge on any atom is 0.303 e. The number of benzene rings is 2. The molecule has 0 bridgehead atoms. The Morgan fingerprint density at radius 1 is 1.13 bits per heavy atom. The Kier molecular flexibility index (Phi) is 6.14. The van der Waals surface area contributed by atoms with Crippen LogP contribution in [0.3, 0.4) is 0 Å². The topological polar surface area (TPSA) is 88.9 Å². The van der Waals surface area contributed by atoms with Gasteiger partial charge in [0.25, 0.3) is 0 Å². The molecular formula is C24H25NO5. The van der Waals surface area contributed by atoms with E-state index in [0.29, 0.717) is 36.7 Å². The molecule has 4 rings (SSSR count). The first-order chi connectivity index (χ1) is 14.6. The number of carbonyl (C=O) groups is 1. The summed E-state index contributed by atoms with van der Waals surface area (Å²) >= 11 is 0. The lowest BCUT2D eigenvalue weighted by Crippen LogP contribution is -2.26. The smallest absolute Gasteiger partial charge is 0.303 e. The number of carboxylic acids is 1. The molecule has 0 saturated heterocycles. The van der Waals surface area contributed by atoms with E-state index in [0.717, 1.165) is 29.4 Å². The third kappa shape index (κ3) is 4.71. The highest BCUT2D eigenvalue weighted by atomic mass is 16.5. The molecule has 3 aromatic rings. The Bertz CT molecular complexity index is 1040. The van der Waals surface area contributed by atoms with E-state index in [1.54, 1.807) is 0 Å². The minimum atomic E-state index is -0.788. The van der Waals surface area contributed by atoms with Gasteiger partial charge in [-0.2, -0.15) is 0 Å². The number of ether oxygens (including phenoxy) is 2. The zero-order chi connectivity index (χ0) is 20.9. The van der Waals surface area contributed by atoms with Gasteiger partial charge in [-0.05, 0) is 43.2 Å². The van der Waals surface area contributed by atoms with Gasteiger partial charge in [0.15, 0.2) is 0 Å². The normalized spacial score (nSPS) is 17.9. The summed E-state index contributed by atoms with van der Waals surface area (Å²) < 4.78 is 11.7. The third-order valence-corrected chi connectivity index (χ3v) is 5.46. The number of para-hydroxylation sites is 1. The van der Waals surface area contributed by atoms with E-state index >= 15 is 0 Å². The molecule has 30 heavy (non-hydrogen) atoms. The molecule has 0 aliphatic carbocycles. The van der Waals surface area contributed by atoms with Crippen LogP contribution in [-0.4, -0.2) is 27.8 Å². The molecule has 6 nitrogen and oxygen atoms in total. The predicted octanol–water partition coefficient (Wildman–Crippen LogP) is 4.50. The Balaban J connectivity index is 1.39. The van der Waals surface area contributed by atoms with Gasteiger partial charge in [-0.3, -0.25) is 4.79 Å². The standard InChI is InChI=1S/C24H25NO5/c26-23(27)8-4-2-6-17-14-30-22-12-11-19(13-20(22)24(17)28)29-15-18-10-9-16-5-1-3-7-21(16)25-18/h1,3,5,7,9-13,17,24,28H,2,4,6,8,14-15H2,(H,26,27)/t17-,24-/m1/s1. The van der Waals surface area contributed by atoms with E-state index in [9.17, 15) is 9.90 Å². The molecule has 6 heteroatoms. The van der Waals surface area contributed by atoms with Gasteiger partial charge in [0.1, 0.15) is 18.1 Å². The highest BCUT2D eigenvalue weighted by molar-refractivity contribution is 5.78. The van der Waals surface area contributed by atoms with Crippen molar-refractivity contribution in [1.82, 2.24) is 4.98 Å². The van der Waals surface area contributed by atoms with E-state index in [-0.39, 0.29) is 12.3 Å². The predicted molar refractivity (Wildman–Crippen MR) is 113 cm³/mol. The summed E-state index contributed by atoms with van der Waals surface area (Å²) in [6.45, 7) is 0.766. The van der Waals surface area contributed by atoms with Gasteiger partial charge in [0.2, 0.25) is 0 Å². The van der Waals surface area contributed by atoms with E-state index in [2.05, 4.69) is 4.98 Å². The molecule has 0 fully saturated rings. The van der Waals surface area contributed by atoms with Crippen LogP contribution < -0.4 is 9.47 Å². The van der Waals surface area contributed by atoms with Crippen LogP contribution in [0.4, 0.5) is 0 Å². The van der Waals surface area contributed by atoms with Crippen molar-refractivity contribution in [2.75, 3.05) is 6.61 Å². The molecule has 0 saturated carbocycles. The molecule has 0 spiro atoms. The molecule has 0 radical (unpaired) electrons. The van der Waals surface area contributed by atoms with Crippen molar-refractivity contribution in [2.45, 2.75) is 38.4 Å². The fraction of sp³-hybridized carbons (Fsp3) is 0.333. The minimum Gasteiger partial charge on any atom is -0.493 e. The first-order valence-electron chi connectivity index (χ1n) is 10.2. The summed E-state index contributed by atoms with van der Waals surface area (Å²) in [5, 5.41) is 20.6. The highest BCUT2D eigenvalue weighted by Gasteiger charge is 2.29. The van der Waals surface area contributed by atoms with Crippen molar-refractivity contribution < 1.29 is 24.5 Å². The number of aliphatic hydroxyl groups is 1. The summed E-state index contributed by atoms with van der Waals surface area (Å²) in [5.74, 6) is 0.477. The number of fused-ring (bicyclic) bond motifs is 2. The molecule has 1 aliphatic heterocycles. The van der Waals surface area contributed by atoms with Crippen molar-refractivity contribution in [3.05, 3.63) is 65.9 Å². The lowest BCUT2D eigenvalue weighted by Gasteiger charge is -2.30. The monoisotopic (exact) mass is 407 g/mol. The molecule has 1 aromatic heterocycles. The molecule has 2 aromatic carbocycles. The second kappa shape index (κ2) is 9.13. The average Bonchev–Trinajstić information content (AvgIpc) is 2.76. The number of hydrogen-bond donors (Lipinski definition) is 2. The zero-order valence-corrected chi connectivity index (χ0v) is 16.7. The van der Waals surface area contributed by atoms with E-state index in [4.69, 9.17) is 14.6 Å². The van der Waals surface area contributed by atoms with Gasteiger partial charge in [0, 0.05) is 23.3 Å². The molecule has 156 valence electrons. The van der Waals surface area contributed by atoms with Crippen molar-refractivity contribution in [2.24, 2.45) is 5.92 Å². The fourth-order valence-electron chi connectivity index (χ4n) is 3.79. The molecule has 0 amide bonds. The van der Waals surface area contributed by atoms with Crippen LogP contribution in [0.15, 0.2) is 54.6 Å². The van der Waals surface area contributed by atoms with Gasteiger partial charge < -0.3 is 19.7 Å². The van der Waals surface area contributed by atoms with Gasteiger partial charge in [-0.1, -0.05) is 30.7 Å². The average molecular weight is 407 g/mol. The number of carboxylic acid groups (broad SMARTS) is 1. The Labute approximate surface area is 175 Å². The number of aliphatic hydroxyl groups excluding tert-OH is 1. The van der Waals surface area contributed by atoms with Crippen molar-refractivity contribution >= 4 is 16.9 Å². The zero-order valence-electron chi connectivity index (χ0n) is 16.7. The number of pyridine rings is 1. The summed E-state index contributed by atoms with van der Waals surface area (Å²) in [5.41, 5.74) is 2.48. The van der Waals surface area contributed by atoms with Crippen LogP contribution in [0.1, 0.15) is 43.0 Å². The minimum absolute atomic E-state index is 0.0521. The van der Waals surface area contributed by atoms with E-state index in [1.807, 2.05) is 54.6 Å². The number of aliphatic carboxylic acids is 1. The maximum absolute atomic E-state index is 10.8. The summed E-state index contributed by atoms with van der Waals surface area (Å²) in [4.78, 5) is 15.3. The van der Waals surface area contributed by atoms with Crippen molar-refractivity contribution in [1.29, 1.82) is 0 Å². The first kappa shape index (κ1) is 20.2.